The summed E-state index contributed by atoms with van der Waals surface area (Å²) in [7, 11) is 0. The maximum atomic E-state index is 12.5. The number of hydrogen-bond acceptors (Lipinski definition) is 8. The van der Waals surface area contributed by atoms with E-state index in [-0.39, 0.29) is 17.1 Å². The van der Waals surface area contributed by atoms with E-state index in [1.807, 2.05) is 6.07 Å². The lowest BCUT2D eigenvalue weighted by Gasteiger charge is -2.13. The second-order valence-corrected chi connectivity index (χ2v) is 10.00. The van der Waals surface area contributed by atoms with Crippen LogP contribution in [0.4, 0.5) is 0 Å². The molecule has 40 heavy (non-hydrogen) atoms. The first-order chi connectivity index (χ1) is 19.4. The van der Waals surface area contributed by atoms with Crippen LogP contribution in [-0.4, -0.2) is 42.2 Å². The smallest absolute Gasteiger partial charge is 0.341 e. The highest BCUT2D eigenvalue weighted by Gasteiger charge is 2.13. The Hall–Kier alpha value is -3.42. The van der Waals surface area contributed by atoms with Crippen molar-refractivity contribution in [3.05, 3.63) is 47.5 Å². The second kappa shape index (κ2) is 19.6. The Morgan fingerprint density at radius 1 is 0.725 bits per heavy atom. The molecule has 0 aliphatic rings. The summed E-state index contributed by atoms with van der Waals surface area (Å²) >= 11 is 0. The highest BCUT2D eigenvalue weighted by atomic mass is 16.7. The number of rotatable bonds is 21. The molecule has 2 rings (SSSR count). The summed E-state index contributed by atoms with van der Waals surface area (Å²) in [5, 5.41) is 19.5. The lowest BCUT2D eigenvalue weighted by molar-refractivity contribution is -0.149. The van der Waals surface area contributed by atoms with Gasteiger partial charge in [0.1, 0.15) is 11.5 Å². The summed E-state index contributed by atoms with van der Waals surface area (Å²) in [4.78, 5) is 23.5. The fourth-order valence-corrected chi connectivity index (χ4v) is 4.27. The van der Waals surface area contributed by atoms with Crippen molar-refractivity contribution >= 4 is 11.9 Å². The molecule has 0 amide bonds. The molecule has 0 unspecified atom stereocenters. The van der Waals surface area contributed by atoms with Crippen molar-refractivity contribution in [2.24, 2.45) is 0 Å². The Labute approximate surface area is 238 Å². The Morgan fingerprint density at radius 3 is 1.90 bits per heavy atom. The molecule has 0 aromatic heterocycles. The predicted octanol–water partition coefficient (Wildman–Crippen LogP) is 7.48. The maximum absolute atomic E-state index is 12.5. The highest BCUT2D eigenvalue weighted by molar-refractivity contribution is 5.90. The third-order valence-corrected chi connectivity index (χ3v) is 6.54. The van der Waals surface area contributed by atoms with E-state index in [0.29, 0.717) is 31.1 Å². The molecule has 0 saturated heterocycles. The molecule has 0 spiro atoms. The van der Waals surface area contributed by atoms with E-state index in [9.17, 15) is 19.8 Å². The molecule has 0 saturated carbocycles. The molecule has 0 fully saturated rings. The van der Waals surface area contributed by atoms with Crippen LogP contribution >= 0.6 is 0 Å². The van der Waals surface area contributed by atoms with Crippen LogP contribution in [0.1, 0.15) is 107 Å². The van der Waals surface area contributed by atoms with E-state index in [1.165, 1.54) is 51.5 Å². The van der Waals surface area contributed by atoms with Crippen molar-refractivity contribution in [3.63, 3.8) is 0 Å². The van der Waals surface area contributed by atoms with E-state index in [4.69, 9.17) is 18.9 Å². The van der Waals surface area contributed by atoms with Crippen LogP contribution < -0.4 is 9.47 Å². The quantitative estimate of drug-likeness (QED) is 0.0702. The summed E-state index contributed by atoms with van der Waals surface area (Å²) in [6, 6.07) is 10.0. The number of unbranched alkanes of at least 4 members (excludes halogenated alkanes) is 10. The van der Waals surface area contributed by atoms with E-state index in [0.717, 1.165) is 44.1 Å². The summed E-state index contributed by atoms with van der Waals surface area (Å²) in [5.74, 6) is -0.248. The highest BCUT2D eigenvalue weighted by Crippen LogP contribution is 2.29. The van der Waals surface area contributed by atoms with Gasteiger partial charge in [-0.1, -0.05) is 76.8 Å². The van der Waals surface area contributed by atoms with Gasteiger partial charge in [-0.25, -0.2) is 4.79 Å². The Bertz CT molecular complexity index is 1020. The number of aryl methyl sites for hydroxylation is 1. The van der Waals surface area contributed by atoms with Crippen molar-refractivity contribution in [2.45, 2.75) is 97.3 Å². The van der Waals surface area contributed by atoms with Gasteiger partial charge in [0.05, 0.1) is 18.8 Å². The van der Waals surface area contributed by atoms with Gasteiger partial charge >= 0.3 is 11.9 Å². The Balaban J connectivity index is 1.80. The summed E-state index contributed by atoms with van der Waals surface area (Å²) < 4.78 is 21.6. The first kappa shape index (κ1) is 32.8. The summed E-state index contributed by atoms with van der Waals surface area (Å²) in [5.41, 5.74) is 1.01. The van der Waals surface area contributed by atoms with Crippen LogP contribution in [0, 0.1) is 0 Å². The van der Waals surface area contributed by atoms with Crippen LogP contribution in [0.15, 0.2) is 36.4 Å². The van der Waals surface area contributed by atoms with Crippen molar-refractivity contribution in [3.8, 4) is 23.0 Å². The van der Waals surface area contributed by atoms with Gasteiger partial charge in [-0.15, -0.1) is 0 Å². The molecule has 0 aliphatic carbocycles. The number of esters is 2. The molecule has 8 nitrogen and oxygen atoms in total. The molecule has 0 aliphatic heterocycles. The summed E-state index contributed by atoms with van der Waals surface area (Å²) in [6.07, 6.45) is 13.9. The van der Waals surface area contributed by atoms with Crippen molar-refractivity contribution in [2.75, 3.05) is 20.0 Å². The number of benzene rings is 2. The fraction of sp³-hybridized carbons (Fsp3) is 0.562. The van der Waals surface area contributed by atoms with Crippen LogP contribution in [0.5, 0.6) is 23.0 Å². The minimum absolute atomic E-state index is 0.0440. The zero-order chi connectivity index (χ0) is 29.0. The number of carbonyl (C=O) groups is 2. The largest absolute Gasteiger partial charge is 0.504 e. The van der Waals surface area contributed by atoms with Crippen LogP contribution in [0.2, 0.25) is 0 Å². The molecule has 0 atom stereocenters. The van der Waals surface area contributed by atoms with Gasteiger partial charge < -0.3 is 29.2 Å². The maximum Gasteiger partial charge on any atom is 0.341 e. The molecule has 0 heterocycles. The lowest BCUT2D eigenvalue weighted by Crippen LogP contribution is -2.11. The van der Waals surface area contributed by atoms with Gasteiger partial charge in [-0.3, -0.25) is 4.79 Å². The first-order valence-corrected chi connectivity index (χ1v) is 14.6. The second-order valence-electron chi connectivity index (χ2n) is 10.00. The van der Waals surface area contributed by atoms with Gasteiger partial charge in [-0.2, -0.15) is 0 Å². The molecule has 2 aromatic rings. The van der Waals surface area contributed by atoms with Gasteiger partial charge in [0, 0.05) is 13.0 Å². The van der Waals surface area contributed by atoms with Gasteiger partial charge in [0.25, 0.3) is 0 Å². The summed E-state index contributed by atoms with van der Waals surface area (Å²) in [6.45, 7) is 4.04. The number of ether oxygens (including phenoxy) is 4. The standard InChI is InChI=1S/C32H46O8/c1-3-4-5-6-7-8-10-13-19-37-28-21-27(32(36)40-24-39-25(2)33)22-29(23-28)38-20-14-11-9-12-16-26-17-15-18-30(34)31(26)35/h15,17-18,21-23,34-35H,3-14,16,19-20,24H2,1-2H3. The van der Waals surface area contributed by atoms with Crippen molar-refractivity contribution in [1.29, 1.82) is 0 Å². The Kier molecular flexibility index (Phi) is 16.1. The van der Waals surface area contributed by atoms with E-state index < -0.39 is 18.7 Å². The lowest BCUT2D eigenvalue weighted by atomic mass is 10.0. The number of carbonyl (C=O) groups excluding carboxylic acids is 2. The van der Waals surface area contributed by atoms with Gasteiger partial charge in [-0.05, 0) is 49.4 Å². The third-order valence-electron chi connectivity index (χ3n) is 6.54. The first-order valence-electron chi connectivity index (χ1n) is 14.6. The minimum Gasteiger partial charge on any atom is -0.504 e. The Morgan fingerprint density at radius 2 is 1.30 bits per heavy atom. The predicted molar refractivity (Wildman–Crippen MR) is 154 cm³/mol. The van der Waals surface area contributed by atoms with Crippen LogP contribution in [-0.2, 0) is 20.7 Å². The van der Waals surface area contributed by atoms with Crippen LogP contribution in [0.3, 0.4) is 0 Å². The average molecular weight is 559 g/mol. The number of aromatic hydroxyl groups is 2. The molecule has 2 aromatic carbocycles. The fourth-order valence-electron chi connectivity index (χ4n) is 4.27. The zero-order valence-electron chi connectivity index (χ0n) is 24.1. The molecule has 2 N–H and O–H groups in total. The molecule has 8 heteroatoms. The SMILES string of the molecule is CCCCCCCCCCOc1cc(OCCCCCCc2cccc(O)c2O)cc(C(=O)OCOC(C)=O)c1. The number of phenolic OH excluding ortho intramolecular Hbond substituents is 2. The minimum atomic E-state index is -0.626. The van der Waals surface area contributed by atoms with Crippen molar-refractivity contribution < 1.29 is 38.7 Å². The average Bonchev–Trinajstić information content (AvgIpc) is 2.93. The van der Waals surface area contributed by atoms with E-state index in [2.05, 4.69) is 6.92 Å². The normalized spacial score (nSPS) is 10.8. The number of hydrogen-bond donors (Lipinski definition) is 2. The molecule has 222 valence electrons. The third kappa shape index (κ3) is 13.6. The monoisotopic (exact) mass is 558 g/mol. The van der Waals surface area contributed by atoms with Crippen molar-refractivity contribution in [1.82, 2.24) is 0 Å². The molecule has 0 bridgehead atoms. The van der Waals surface area contributed by atoms with E-state index >= 15 is 0 Å². The zero-order valence-corrected chi connectivity index (χ0v) is 24.1. The van der Waals surface area contributed by atoms with Crippen LogP contribution in [0.25, 0.3) is 0 Å². The van der Waals surface area contributed by atoms with Gasteiger partial charge in [0.15, 0.2) is 11.5 Å². The molecular weight excluding hydrogens is 512 g/mol. The molecular formula is C32H46O8. The molecule has 0 radical (unpaired) electrons. The van der Waals surface area contributed by atoms with Gasteiger partial charge in [0.2, 0.25) is 6.79 Å². The van der Waals surface area contributed by atoms with E-state index in [1.54, 1.807) is 24.3 Å². The number of para-hydroxylation sites is 1. The number of phenols is 2. The topological polar surface area (TPSA) is 112 Å².